The molecule has 1 atom stereocenters. The molecular weight excluding hydrogens is 384 g/mol. The van der Waals surface area contributed by atoms with E-state index in [9.17, 15) is 23.2 Å². The molecule has 1 heterocycles. The first-order valence-corrected chi connectivity index (χ1v) is 8.85. The van der Waals surface area contributed by atoms with E-state index < -0.39 is 47.3 Å². The van der Waals surface area contributed by atoms with Gasteiger partial charge < -0.3 is 15.4 Å². The first-order chi connectivity index (χ1) is 13.8. The van der Waals surface area contributed by atoms with Gasteiger partial charge in [-0.1, -0.05) is 25.1 Å². The van der Waals surface area contributed by atoms with E-state index in [2.05, 4.69) is 10.6 Å². The number of nitrogens with one attached hydrogen (secondary N) is 2. The van der Waals surface area contributed by atoms with Crippen molar-refractivity contribution in [3.8, 4) is 5.75 Å². The Labute approximate surface area is 165 Å². The second-order valence-electron chi connectivity index (χ2n) is 6.45. The van der Waals surface area contributed by atoms with Crippen LogP contribution in [0.5, 0.6) is 5.75 Å². The van der Waals surface area contributed by atoms with Crippen molar-refractivity contribution in [1.29, 1.82) is 0 Å². The molecule has 2 aromatic carbocycles. The summed E-state index contributed by atoms with van der Waals surface area (Å²) in [6, 6.07) is 8.97. The molecule has 1 fully saturated rings. The normalized spacial score (nSPS) is 18.6. The maximum atomic E-state index is 13.7. The molecule has 2 N–H and O–H groups in total. The number of para-hydroxylation sites is 1. The predicted molar refractivity (Wildman–Crippen MR) is 100 cm³/mol. The molecule has 1 aliphatic rings. The Hall–Kier alpha value is -3.49. The number of amides is 4. The van der Waals surface area contributed by atoms with E-state index >= 15 is 0 Å². The van der Waals surface area contributed by atoms with E-state index in [1.54, 1.807) is 31.2 Å². The van der Waals surface area contributed by atoms with Gasteiger partial charge >= 0.3 is 6.03 Å². The maximum absolute atomic E-state index is 13.7. The van der Waals surface area contributed by atoms with Crippen LogP contribution < -0.4 is 15.4 Å². The number of benzene rings is 2. The van der Waals surface area contributed by atoms with Gasteiger partial charge in [-0.05, 0) is 36.2 Å². The fraction of sp³-hybridized carbons (Fsp3) is 0.250. The van der Waals surface area contributed by atoms with Crippen LogP contribution in [0, 0.1) is 11.6 Å². The van der Waals surface area contributed by atoms with Gasteiger partial charge in [0, 0.05) is 0 Å². The van der Waals surface area contributed by atoms with Gasteiger partial charge in [0.25, 0.3) is 5.91 Å². The summed E-state index contributed by atoms with van der Waals surface area (Å²) in [6.45, 7) is 1.04. The van der Waals surface area contributed by atoms with Crippen LogP contribution in [-0.2, 0) is 15.1 Å². The lowest BCUT2D eigenvalue weighted by Crippen LogP contribution is -2.44. The summed E-state index contributed by atoms with van der Waals surface area (Å²) in [5.41, 5.74) is -1.45. The molecule has 152 valence electrons. The fourth-order valence-electron chi connectivity index (χ4n) is 3.22. The predicted octanol–water partition coefficient (Wildman–Crippen LogP) is 2.77. The van der Waals surface area contributed by atoms with E-state index in [0.29, 0.717) is 11.3 Å². The van der Waals surface area contributed by atoms with Crippen molar-refractivity contribution in [3.05, 3.63) is 59.7 Å². The number of urea groups is 1. The first kappa shape index (κ1) is 20.2. The summed E-state index contributed by atoms with van der Waals surface area (Å²) >= 11 is 0. The highest BCUT2D eigenvalue weighted by Crippen LogP contribution is 2.33. The summed E-state index contributed by atoms with van der Waals surface area (Å²) in [5.74, 6) is -2.87. The van der Waals surface area contributed by atoms with Crippen LogP contribution >= 0.6 is 0 Å². The number of rotatable bonds is 6. The van der Waals surface area contributed by atoms with Gasteiger partial charge in [0.1, 0.15) is 35.2 Å². The SMILES string of the molecule is CC[C@]1(c2ccc(OC)cc2)NC(=O)N(CC(=O)Nc2c(F)cccc2F)C1=O. The molecule has 4 amide bonds. The van der Waals surface area contributed by atoms with Gasteiger partial charge in [-0.3, -0.25) is 14.5 Å². The number of ether oxygens (including phenoxy) is 1. The molecule has 7 nitrogen and oxygen atoms in total. The molecule has 1 aliphatic heterocycles. The van der Waals surface area contributed by atoms with Crippen molar-refractivity contribution in [2.45, 2.75) is 18.9 Å². The Morgan fingerprint density at radius 2 is 1.76 bits per heavy atom. The van der Waals surface area contributed by atoms with Gasteiger partial charge in [0.15, 0.2) is 0 Å². The highest BCUT2D eigenvalue weighted by molar-refractivity contribution is 6.10. The zero-order valence-corrected chi connectivity index (χ0v) is 15.8. The lowest BCUT2D eigenvalue weighted by atomic mass is 9.87. The Kier molecular flexibility index (Phi) is 5.49. The molecular formula is C20H19F2N3O4. The van der Waals surface area contributed by atoms with E-state index in [1.165, 1.54) is 7.11 Å². The number of nitrogens with zero attached hydrogens (tertiary/aromatic N) is 1. The van der Waals surface area contributed by atoms with Crippen LogP contribution in [0.3, 0.4) is 0 Å². The lowest BCUT2D eigenvalue weighted by Gasteiger charge is -2.26. The smallest absolute Gasteiger partial charge is 0.325 e. The molecule has 2 aromatic rings. The van der Waals surface area contributed by atoms with Crippen LogP contribution in [0.4, 0.5) is 19.3 Å². The number of carbonyl (C=O) groups is 3. The quantitative estimate of drug-likeness (QED) is 0.726. The largest absolute Gasteiger partial charge is 0.497 e. The molecule has 0 saturated carbocycles. The average Bonchev–Trinajstić information content (AvgIpc) is 2.96. The number of hydrogen-bond donors (Lipinski definition) is 2. The van der Waals surface area contributed by atoms with Crippen molar-refractivity contribution in [3.63, 3.8) is 0 Å². The summed E-state index contributed by atoms with van der Waals surface area (Å²) < 4.78 is 32.5. The topological polar surface area (TPSA) is 87.7 Å². The minimum absolute atomic E-state index is 0.240. The van der Waals surface area contributed by atoms with Crippen molar-refractivity contribution >= 4 is 23.5 Å². The van der Waals surface area contributed by atoms with Gasteiger partial charge in [0.2, 0.25) is 5.91 Å². The van der Waals surface area contributed by atoms with Crippen molar-refractivity contribution in [1.82, 2.24) is 10.2 Å². The summed E-state index contributed by atoms with van der Waals surface area (Å²) in [5, 5.41) is 4.70. The molecule has 9 heteroatoms. The zero-order chi connectivity index (χ0) is 21.2. The third-order valence-corrected chi connectivity index (χ3v) is 4.82. The number of hydrogen-bond acceptors (Lipinski definition) is 4. The van der Waals surface area contributed by atoms with Crippen LogP contribution in [0.15, 0.2) is 42.5 Å². The van der Waals surface area contributed by atoms with E-state index in [4.69, 9.17) is 4.74 Å². The molecule has 0 aliphatic carbocycles. The molecule has 0 radical (unpaired) electrons. The summed E-state index contributed by atoms with van der Waals surface area (Å²) in [4.78, 5) is 38.4. The highest BCUT2D eigenvalue weighted by atomic mass is 19.1. The summed E-state index contributed by atoms with van der Waals surface area (Å²) in [6.07, 6.45) is 0.240. The number of halogens is 2. The molecule has 0 bridgehead atoms. The van der Waals surface area contributed by atoms with Crippen LogP contribution in [0.25, 0.3) is 0 Å². The molecule has 1 saturated heterocycles. The molecule has 0 unspecified atom stereocenters. The lowest BCUT2D eigenvalue weighted by molar-refractivity contribution is -0.134. The molecule has 0 spiro atoms. The highest BCUT2D eigenvalue weighted by Gasteiger charge is 2.51. The van der Waals surface area contributed by atoms with Crippen LogP contribution in [0.1, 0.15) is 18.9 Å². The Bertz CT molecular complexity index is 944. The Morgan fingerprint density at radius 3 is 2.31 bits per heavy atom. The number of imide groups is 1. The van der Waals surface area contributed by atoms with Crippen LogP contribution in [0.2, 0.25) is 0 Å². The van der Waals surface area contributed by atoms with Gasteiger partial charge in [-0.15, -0.1) is 0 Å². The average molecular weight is 403 g/mol. The minimum atomic E-state index is -1.34. The second-order valence-corrected chi connectivity index (χ2v) is 6.45. The van der Waals surface area contributed by atoms with Gasteiger partial charge in [0.05, 0.1) is 7.11 Å². The Morgan fingerprint density at radius 1 is 1.14 bits per heavy atom. The first-order valence-electron chi connectivity index (χ1n) is 8.85. The number of carbonyl (C=O) groups excluding carboxylic acids is 3. The van der Waals surface area contributed by atoms with Crippen molar-refractivity contribution in [2.24, 2.45) is 0 Å². The zero-order valence-electron chi connectivity index (χ0n) is 15.8. The minimum Gasteiger partial charge on any atom is -0.497 e. The molecule has 0 aromatic heterocycles. The third-order valence-electron chi connectivity index (χ3n) is 4.82. The van der Waals surface area contributed by atoms with E-state index in [1.807, 2.05) is 0 Å². The van der Waals surface area contributed by atoms with Gasteiger partial charge in [-0.25, -0.2) is 13.6 Å². The monoisotopic (exact) mass is 403 g/mol. The van der Waals surface area contributed by atoms with Crippen molar-refractivity contribution in [2.75, 3.05) is 19.0 Å². The molecule has 29 heavy (non-hydrogen) atoms. The van der Waals surface area contributed by atoms with Crippen molar-refractivity contribution < 1.29 is 27.9 Å². The van der Waals surface area contributed by atoms with Gasteiger partial charge in [-0.2, -0.15) is 0 Å². The summed E-state index contributed by atoms with van der Waals surface area (Å²) in [7, 11) is 1.51. The Balaban J connectivity index is 1.81. The van der Waals surface area contributed by atoms with E-state index in [-0.39, 0.29) is 6.42 Å². The number of anilines is 1. The maximum Gasteiger partial charge on any atom is 0.325 e. The van der Waals surface area contributed by atoms with E-state index in [0.717, 1.165) is 23.1 Å². The third kappa shape index (κ3) is 3.63. The fourth-order valence-corrected chi connectivity index (χ4v) is 3.22. The second kappa shape index (κ2) is 7.86. The van der Waals surface area contributed by atoms with Crippen LogP contribution in [-0.4, -0.2) is 36.4 Å². The molecule has 3 rings (SSSR count). The number of methoxy groups -OCH3 is 1. The standard InChI is InChI=1S/C20H19F2N3O4/c1-3-20(12-7-9-13(29-2)10-8-12)18(27)25(19(28)24-20)11-16(26)23-17-14(21)5-4-6-15(17)22/h4-10H,3,11H2,1-2H3,(H,23,26)(H,24,28)/t20-/m1/s1.